The number of halogens is 1. The van der Waals surface area contributed by atoms with Crippen molar-refractivity contribution in [2.24, 2.45) is 0 Å². The van der Waals surface area contributed by atoms with Gasteiger partial charge in [-0.25, -0.2) is 19.5 Å². The number of esters is 1. The lowest BCUT2D eigenvalue weighted by Crippen LogP contribution is -2.35. The van der Waals surface area contributed by atoms with Crippen molar-refractivity contribution in [2.45, 2.75) is 0 Å². The minimum atomic E-state index is -0.733. The van der Waals surface area contributed by atoms with Crippen LogP contribution in [-0.2, 0) is 14.3 Å². The molecule has 0 spiro atoms. The van der Waals surface area contributed by atoms with Crippen LogP contribution in [0.25, 0.3) is 10.9 Å². The molecule has 0 unspecified atom stereocenters. The van der Waals surface area contributed by atoms with Crippen molar-refractivity contribution in [3.8, 4) is 0 Å². The van der Waals surface area contributed by atoms with Crippen molar-refractivity contribution in [2.75, 3.05) is 19.8 Å². The molecule has 1 saturated heterocycles. The highest BCUT2D eigenvalue weighted by Crippen LogP contribution is 2.21. The number of carbonyl (C=O) groups is 3. The van der Waals surface area contributed by atoms with Gasteiger partial charge in [0.15, 0.2) is 6.61 Å². The zero-order valence-electron chi connectivity index (χ0n) is 11.8. The molecule has 2 aromatic rings. The number of aromatic nitrogens is 1. The van der Waals surface area contributed by atoms with Crippen molar-refractivity contribution in [1.29, 1.82) is 0 Å². The van der Waals surface area contributed by atoms with Crippen LogP contribution < -0.4 is 0 Å². The van der Waals surface area contributed by atoms with Crippen molar-refractivity contribution in [3.05, 3.63) is 41.0 Å². The van der Waals surface area contributed by atoms with Crippen LogP contribution in [0.15, 0.2) is 30.3 Å². The van der Waals surface area contributed by atoms with Crippen LogP contribution in [0.5, 0.6) is 0 Å². The number of carbonyl (C=O) groups excluding carboxylic acids is 3. The molecular weight excluding hydrogens is 324 g/mol. The number of rotatable bonds is 3. The minimum absolute atomic E-state index is 0.142. The molecule has 0 N–H and O–H groups in total. The van der Waals surface area contributed by atoms with Gasteiger partial charge in [0.2, 0.25) is 0 Å². The molecule has 7 nitrogen and oxygen atoms in total. The number of fused-ring (bicyclic) bond motifs is 1. The third-order valence-electron chi connectivity index (χ3n) is 3.29. The van der Waals surface area contributed by atoms with Crippen molar-refractivity contribution >= 4 is 40.5 Å². The number of para-hydroxylation sites is 1. The van der Waals surface area contributed by atoms with E-state index in [1.165, 1.54) is 6.07 Å². The Morgan fingerprint density at radius 3 is 2.87 bits per heavy atom. The second kappa shape index (κ2) is 6.21. The van der Waals surface area contributed by atoms with Gasteiger partial charge in [-0.3, -0.25) is 4.79 Å². The zero-order chi connectivity index (χ0) is 16.4. The zero-order valence-corrected chi connectivity index (χ0v) is 12.6. The van der Waals surface area contributed by atoms with E-state index in [-0.39, 0.29) is 23.9 Å². The van der Waals surface area contributed by atoms with Gasteiger partial charge in [0, 0.05) is 5.39 Å². The van der Waals surface area contributed by atoms with E-state index in [9.17, 15) is 14.4 Å². The highest BCUT2D eigenvalue weighted by atomic mass is 35.5. The number of imide groups is 1. The fraction of sp³-hybridized carbons (Fsp3) is 0.200. The lowest BCUT2D eigenvalue weighted by atomic mass is 10.1. The Bertz CT molecular complexity index is 808. The van der Waals surface area contributed by atoms with E-state index in [2.05, 4.69) is 9.72 Å². The molecule has 0 aliphatic carbocycles. The van der Waals surface area contributed by atoms with Gasteiger partial charge in [-0.2, -0.15) is 0 Å². The van der Waals surface area contributed by atoms with E-state index >= 15 is 0 Å². The largest absolute Gasteiger partial charge is 0.452 e. The Balaban J connectivity index is 1.76. The molecule has 1 aliphatic heterocycles. The predicted octanol–water partition coefficient (Wildman–Crippen LogP) is 2.02. The lowest BCUT2D eigenvalue weighted by molar-refractivity contribution is -0.131. The predicted molar refractivity (Wildman–Crippen MR) is 80.1 cm³/mol. The Labute approximate surface area is 135 Å². The van der Waals surface area contributed by atoms with Gasteiger partial charge in [0.1, 0.15) is 11.8 Å². The summed E-state index contributed by atoms with van der Waals surface area (Å²) in [4.78, 5) is 40.3. The summed E-state index contributed by atoms with van der Waals surface area (Å²) in [6, 6.07) is 8.31. The number of nitrogens with zero attached hydrogens (tertiary/aromatic N) is 2. The maximum absolute atomic E-state index is 12.2. The highest BCUT2D eigenvalue weighted by Gasteiger charge is 2.29. The van der Waals surface area contributed by atoms with Gasteiger partial charge < -0.3 is 9.47 Å². The second-order valence-electron chi connectivity index (χ2n) is 4.75. The summed E-state index contributed by atoms with van der Waals surface area (Å²) in [6.07, 6.45) is -0.733. The first-order valence-electron chi connectivity index (χ1n) is 6.76. The summed E-state index contributed by atoms with van der Waals surface area (Å²) in [6.45, 7) is -0.259. The summed E-state index contributed by atoms with van der Waals surface area (Å²) in [5.74, 6) is -1.35. The first-order valence-corrected chi connectivity index (χ1v) is 7.13. The van der Waals surface area contributed by atoms with Crippen LogP contribution in [-0.4, -0.2) is 47.6 Å². The molecule has 23 heavy (non-hydrogen) atoms. The highest BCUT2D eigenvalue weighted by molar-refractivity contribution is 6.30. The molecule has 0 atom stereocenters. The van der Waals surface area contributed by atoms with Gasteiger partial charge >= 0.3 is 12.1 Å². The molecule has 1 fully saturated rings. The van der Waals surface area contributed by atoms with Crippen molar-refractivity contribution in [3.63, 3.8) is 0 Å². The summed E-state index contributed by atoms with van der Waals surface area (Å²) in [7, 11) is 0. The average Bonchev–Trinajstić information content (AvgIpc) is 2.97. The standard InChI is InChI=1S/C15H11ClN2O5/c16-12-7-10(9-3-1-2-4-11(9)17-12)14(20)23-8-13(19)18-5-6-22-15(18)21/h1-4,7H,5-6,8H2. The fourth-order valence-electron chi connectivity index (χ4n) is 2.21. The Kier molecular flexibility index (Phi) is 4.12. The number of pyridine rings is 1. The van der Waals surface area contributed by atoms with Gasteiger partial charge in [-0.05, 0) is 12.1 Å². The number of hydrogen-bond acceptors (Lipinski definition) is 6. The third kappa shape index (κ3) is 3.09. The number of ether oxygens (including phenoxy) is 2. The Hall–Kier alpha value is -2.67. The van der Waals surface area contributed by atoms with Crippen LogP contribution in [0.1, 0.15) is 10.4 Å². The van der Waals surface area contributed by atoms with Gasteiger partial charge in [0.25, 0.3) is 5.91 Å². The van der Waals surface area contributed by atoms with Crippen molar-refractivity contribution < 1.29 is 23.9 Å². The molecular formula is C15H11ClN2O5. The van der Waals surface area contributed by atoms with Crippen LogP contribution in [0, 0.1) is 0 Å². The van der Waals surface area contributed by atoms with E-state index < -0.39 is 24.6 Å². The third-order valence-corrected chi connectivity index (χ3v) is 3.49. The SMILES string of the molecule is O=C(OCC(=O)N1CCOC1=O)c1cc(Cl)nc2ccccc12. The number of cyclic esters (lactones) is 1. The molecule has 3 rings (SSSR count). The normalized spacial score (nSPS) is 14.0. The van der Waals surface area contributed by atoms with E-state index in [0.29, 0.717) is 10.9 Å². The van der Waals surface area contributed by atoms with E-state index in [0.717, 1.165) is 4.90 Å². The summed E-state index contributed by atoms with van der Waals surface area (Å²) in [5, 5.41) is 0.708. The summed E-state index contributed by atoms with van der Waals surface area (Å²) < 4.78 is 9.64. The number of amides is 2. The van der Waals surface area contributed by atoms with E-state index in [4.69, 9.17) is 16.3 Å². The van der Waals surface area contributed by atoms with Crippen molar-refractivity contribution in [1.82, 2.24) is 9.88 Å². The smallest absolute Gasteiger partial charge is 0.416 e. The van der Waals surface area contributed by atoms with E-state index in [1.807, 2.05) is 0 Å². The molecule has 2 heterocycles. The molecule has 8 heteroatoms. The monoisotopic (exact) mass is 334 g/mol. The van der Waals surface area contributed by atoms with Crippen LogP contribution in [0.3, 0.4) is 0 Å². The Morgan fingerprint density at radius 1 is 1.35 bits per heavy atom. The topological polar surface area (TPSA) is 85.8 Å². The lowest BCUT2D eigenvalue weighted by Gasteiger charge is -2.11. The van der Waals surface area contributed by atoms with Crippen LogP contribution in [0.4, 0.5) is 4.79 Å². The van der Waals surface area contributed by atoms with Gasteiger partial charge in [-0.1, -0.05) is 29.8 Å². The van der Waals surface area contributed by atoms with Crippen LogP contribution in [0.2, 0.25) is 5.15 Å². The molecule has 1 aromatic heterocycles. The summed E-state index contributed by atoms with van der Waals surface area (Å²) in [5.41, 5.74) is 0.749. The number of benzene rings is 1. The Morgan fingerprint density at radius 2 is 2.13 bits per heavy atom. The first kappa shape index (κ1) is 15.2. The van der Waals surface area contributed by atoms with E-state index in [1.54, 1.807) is 24.3 Å². The molecule has 118 valence electrons. The second-order valence-corrected chi connectivity index (χ2v) is 5.13. The molecule has 0 saturated carbocycles. The van der Waals surface area contributed by atoms with Crippen LogP contribution >= 0.6 is 11.6 Å². The maximum atomic E-state index is 12.2. The first-order chi connectivity index (χ1) is 11.1. The van der Waals surface area contributed by atoms with Gasteiger partial charge in [-0.15, -0.1) is 0 Å². The molecule has 2 amide bonds. The quantitative estimate of drug-likeness (QED) is 0.630. The fourth-order valence-corrected chi connectivity index (χ4v) is 2.42. The number of hydrogen-bond donors (Lipinski definition) is 0. The molecule has 1 aliphatic rings. The maximum Gasteiger partial charge on any atom is 0.416 e. The van der Waals surface area contributed by atoms with Gasteiger partial charge in [0.05, 0.1) is 17.6 Å². The summed E-state index contributed by atoms with van der Waals surface area (Å²) >= 11 is 5.90. The molecule has 1 aromatic carbocycles. The molecule has 0 radical (unpaired) electrons. The average molecular weight is 335 g/mol. The minimum Gasteiger partial charge on any atom is -0.452 e. The molecule has 0 bridgehead atoms.